The number of para-hydroxylation sites is 1. The maximum Gasteiger partial charge on any atom is 0.254 e. The molecule has 1 aliphatic carbocycles. The molecule has 7 nitrogen and oxygen atoms in total. The van der Waals surface area contributed by atoms with Crippen LogP contribution in [0.15, 0.2) is 48.5 Å². The van der Waals surface area contributed by atoms with Gasteiger partial charge in [-0.15, -0.1) is 0 Å². The zero-order chi connectivity index (χ0) is 22.4. The number of anilines is 1. The van der Waals surface area contributed by atoms with Crippen LogP contribution < -0.4 is 14.8 Å². The minimum Gasteiger partial charge on any atom is -0.454 e. The number of hydrogen-bond donors (Lipinski definition) is 1. The van der Waals surface area contributed by atoms with Gasteiger partial charge >= 0.3 is 0 Å². The van der Waals surface area contributed by atoms with E-state index >= 15 is 0 Å². The fourth-order valence-electron chi connectivity index (χ4n) is 4.69. The van der Waals surface area contributed by atoms with Crippen molar-refractivity contribution in [1.82, 2.24) is 9.88 Å². The minimum absolute atomic E-state index is 0.0219. The van der Waals surface area contributed by atoms with E-state index in [0.29, 0.717) is 49.0 Å². The monoisotopic (exact) mass is 443 g/mol. The predicted octanol–water partition coefficient (Wildman–Crippen LogP) is 4.33. The second kappa shape index (κ2) is 8.06. The third kappa shape index (κ3) is 3.88. The van der Waals surface area contributed by atoms with Crippen molar-refractivity contribution in [3.05, 3.63) is 59.8 Å². The molecule has 0 atom stereocenters. The molecule has 33 heavy (non-hydrogen) atoms. The highest BCUT2D eigenvalue weighted by Gasteiger charge is 2.31. The lowest BCUT2D eigenvalue weighted by Crippen LogP contribution is -2.41. The average molecular weight is 444 g/mol. The Morgan fingerprint density at radius 3 is 2.55 bits per heavy atom. The summed E-state index contributed by atoms with van der Waals surface area (Å²) in [6, 6.07) is 15.2. The quantitative estimate of drug-likeness (QED) is 0.649. The van der Waals surface area contributed by atoms with Crippen LogP contribution in [-0.2, 0) is 4.79 Å². The highest BCUT2D eigenvalue weighted by Crippen LogP contribution is 2.40. The molecule has 3 aromatic rings. The standard InChI is InChI=1S/C26H25N3O4/c30-25(27-18-7-8-23-24(13-18)33-15-32-23)17-9-11-29(12-10-17)26(31)20-14-22(16-5-6-16)28-21-4-2-1-3-19(20)21/h1-4,7-8,13-14,16-17H,5-6,9-12,15H2,(H,27,30). The topological polar surface area (TPSA) is 80.8 Å². The fourth-order valence-corrected chi connectivity index (χ4v) is 4.69. The van der Waals surface area contributed by atoms with Gasteiger partial charge in [0, 0.05) is 47.8 Å². The first-order valence-electron chi connectivity index (χ1n) is 11.6. The van der Waals surface area contributed by atoms with Gasteiger partial charge in [0.2, 0.25) is 12.7 Å². The van der Waals surface area contributed by atoms with Gasteiger partial charge in [-0.1, -0.05) is 18.2 Å². The molecule has 2 fully saturated rings. The van der Waals surface area contributed by atoms with Crippen molar-refractivity contribution in [1.29, 1.82) is 0 Å². The molecule has 7 heteroatoms. The van der Waals surface area contributed by atoms with E-state index in [4.69, 9.17) is 14.5 Å². The summed E-state index contributed by atoms with van der Waals surface area (Å²) >= 11 is 0. The first kappa shape index (κ1) is 20.0. The summed E-state index contributed by atoms with van der Waals surface area (Å²) in [7, 11) is 0. The second-order valence-electron chi connectivity index (χ2n) is 9.01. The van der Waals surface area contributed by atoms with Crippen LogP contribution in [0.5, 0.6) is 11.5 Å². The highest BCUT2D eigenvalue weighted by atomic mass is 16.7. The fraction of sp³-hybridized carbons (Fsp3) is 0.346. The number of likely N-dealkylation sites (tertiary alicyclic amines) is 1. The van der Waals surface area contributed by atoms with Crippen molar-refractivity contribution in [2.45, 2.75) is 31.6 Å². The molecule has 168 valence electrons. The molecule has 3 heterocycles. The number of hydrogen-bond acceptors (Lipinski definition) is 5. The number of nitrogens with one attached hydrogen (secondary N) is 1. The van der Waals surface area contributed by atoms with Gasteiger partial charge in [0.1, 0.15) is 0 Å². The van der Waals surface area contributed by atoms with E-state index in [2.05, 4.69) is 5.32 Å². The minimum atomic E-state index is -0.129. The van der Waals surface area contributed by atoms with E-state index in [-0.39, 0.29) is 24.5 Å². The average Bonchev–Trinajstić information content (AvgIpc) is 3.60. The molecule has 0 radical (unpaired) electrons. The molecule has 3 aliphatic rings. The Morgan fingerprint density at radius 1 is 0.939 bits per heavy atom. The van der Waals surface area contributed by atoms with E-state index in [1.807, 2.05) is 41.3 Å². The number of aromatic nitrogens is 1. The van der Waals surface area contributed by atoms with Crippen molar-refractivity contribution < 1.29 is 19.1 Å². The van der Waals surface area contributed by atoms with Crippen LogP contribution >= 0.6 is 0 Å². The Bertz CT molecular complexity index is 1250. The van der Waals surface area contributed by atoms with E-state index in [1.54, 1.807) is 12.1 Å². The molecule has 2 aliphatic heterocycles. The Labute approximate surface area is 191 Å². The molecular weight excluding hydrogens is 418 g/mol. The second-order valence-corrected chi connectivity index (χ2v) is 9.01. The van der Waals surface area contributed by atoms with E-state index in [9.17, 15) is 9.59 Å². The Balaban J connectivity index is 1.14. The van der Waals surface area contributed by atoms with E-state index in [0.717, 1.165) is 35.0 Å². The summed E-state index contributed by atoms with van der Waals surface area (Å²) in [5.74, 6) is 1.69. The molecule has 0 bridgehead atoms. The predicted molar refractivity (Wildman–Crippen MR) is 124 cm³/mol. The summed E-state index contributed by atoms with van der Waals surface area (Å²) in [6.45, 7) is 1.33. The van der Waals surface area contributed by atoms with Crippen molar-refractivity contribution >= 4 is 28.4 Å². The van der Waals surface area contributed by atoms with Crippen LogP contribution in [-0.4, -0.2) is 41.6 Å². The lowest BCUT2D eigenvalue weighted by molar-refractivity contribution is -0.121. The highest BCUT2D eigenvalue weighted by molar-refractivity contribution is 6.06. The number of carbonyl (C=O) groups excluding carboxylic acids is 2. The number of benzene rings is 2. The summed E-state index contributed by atoms with van der Waals surface area (Å²) in [4.78, 5) is 32.9. The van der Waals surface area contributed by atoms with Gasteiger partial charge in [-0.05, 0) is 49.9 Å². The van der Waals surface area contributed by atoms with Gasteiger partial charge in [-0.3, -0.25) is 14.6 Å². The third-order valence-electron chi connectivity index (χ3n) is 6.76. The lowest BCUT2D eigenvalue weighted by atomic mass is 9.94. The number of ether oxygens (including phenoxy) is 2. The first-order valence-corrected chi connectivity index (χ1v) is 11.6. The molecule has 0 spiro atoms. The number of amides is 2. The van der Waals surface area contributed by atoms with Crippen LogP contribution in [0.1, 0.15) is 47.7 Å². The van der Waals surface area contributed by atoms with Crippen LogP contribution in [0.25, 0.3) is 10.9 Å². The molecule has 6 rings (SSSR count). The summed E-state index contributed by atoms with van der Waals surface area (Å²) in [5, 5.41) is 3.88. The van der Waals surface area contributed by atoms with E-state index < -0.39 is 0 Å². The number of piperidine rings is 1. The number of pyridine rings is 1. The molecule has 1 saturated carbocycles. The SMILES string of the molecule is O=C(Nc1ccc2c(c1)OCO2)C1CCN(C(=O)c2cc(C3CC3)nc3ccccc23)CC1. The third-order valence-corrected chi connectivity index (χ3v) is 6.76. The van der Waals surface area contributed by atoms with Crippen LogP contribution in [0.3, 0.4) is 0 Å². The molecule has 2 amide bonds. The summed E-state index contributed by atoms with van der Waals surface area (Å²) in [5.41, 5.74) is 3.32. The van der Waals surface area contributed by atoms with Gasteiger partial charge in [0.25, 0.3) is 5.91 Å². The largest absolute Gasteiger partial charge is 0.454 e. The summed E-state index contributed by atoms with van der Waals surface area (Å²) < 4.78 is 10.7. The lowest BCUT2D eigenvalue weighted by Gasteiger charge is -2.31. The van der Waals surface area contributed by atoms with Gasteiger partial charge in [-0.25, -0.2) is 0 Å². The van der Waals surface area contributed by atoms with Crippen molar-refractivity contribution in [2.75, 3.05) is 25.2 Å². The Kier molecular flexibility index (Phi) is 4.89. The van der Waals surface area contributed by atoms with Gasteiger partial charge in [-0.2, -0.15) is 0 Å². The van der Waals surface area contributed by atoms with Gasteiger partial charge in [0.05, 0.1) is 11.1 Å². The van der Waals surface area contributed by atoms with Crippen LogP contribution in [0, 0.1) is 5.92 Å². The van der Waals surface area contributed by atoms with Crippen molar-refractivity contribution in [3.8, 4) is 11.5 Å². The first-order chi connectivity index (χ1) is 16.2. The van der Waals surface area contributed by atoms with Gasteiger partial charge < -0.3 is 19.7 Å². The summed E-state index contributed by atoms with van der Waals surface area (Å²) in [6.07, 6.45) is 3.56. The number of carbonyl (C=O) groups is 2. The molecule has 0 unspecified atom stereocenters. The van der Waals surface area contributed by atoms with Crippen molar-refractivity contribution in [3.63, 3.8) is 0 Å². The number of fused-ring (bicyclic) bond motifs is 2. The normalized spacial score (nSPS) is 17.9. The molecule has 2 aromatic carbocycles. The maximum absolute atomic E-state index is 13.5. The molecule has 1 saturated heterocycles. The molecular formula is C26H25N3O4. The smallest absolute Gasteiger partial charge is 0.254 e. The number of nitrogens with zero attached hydrogens (tertiary/aromatic N) is 2. The van der Waals surface area contributed by atoms with Gasteiger partial charge in [0.15, 0.2) is 11.5 Å². The van der Waals surface area contributed by atoms with Crippen LogP contribution in [0.2, 0.25) is 0 Å². The van der Waals surface area contributed by atoms with Crippen molar-refractivity contribution in [2.24, 2.45) is 5.92 Å². The maximum atomic E-state index is 13.5. The van der Waals surface area contributed by atoms with Crippen LogP contribution in [0.4, 0.5) is 5.69 Å². The number of rotatable bonds is 4. The van der Waals surface area contributed by atoms with E-state index in [1.165, 1.54) is 0 Å². The Morgan fingerprint density at radius 2 is 1.73 bits per heavy atom. The zero-order valence-electron chi connectivity index (χ0n) is 18.3. The zero-order valence-corrected chi connectivity index (χ0v) is 18.3. The molecule has 1 aromatic heterocycles. The molecule has 1 N–H and O–H groups in total. The Hall–Kier alpha value is -3.61.